The first-order valence-corrected chi connectivity index (χ1v) is 10.1. The normalized spacial score (nSPS) is 20.7. The van der Waals surface area contributed by atoms with Gasteiger partial charge in [0.1, 0.15) is 5.75 Å². The van der Waals surface area contributed by atoms with Crippen LogP contribution in [-0.4, -0.2) is 5.11 Å². The summed E-state index contributed by atoms with van der Waals surface area (Å²) in [5.41, 5.74) is 4.06. The Bertz CT molecular complexity index is 454. The quantitative estimate of drug-likeness (QED) is 0.631. The Morgan fingerprint density at radius 1 is 0.826 bits per heavy atom. The summed E-state index contributed by atoms with van der Waals surface area (Å²) in [4.78, 5) is 0. The van der Waals surface area contributed by atoms with Crippen LogP contribution < -0.4 is 0 Å². The molecule has 0 aliphatic heterocycles. The number of phenols is 1. The highest BCUT2D eigenvalue weighted by molar-refractivity contribution is 5.47. The van der Waals surface area contributed by atoms with Gasteiger partial charge in [0.25, 0.3) is 0 Å². The predicted molar refractivity (Wildman–Crippen MR) is 98.4 cm³/mol. The summed E-state index contributed by atoms with van der Waals surface area (Å²) < 4.78 is 0. The van der Waals surface area contributed by atoms with E-state index in [4.69, 9.17) is 0 Å². The number of hydrogen-bond acceptors (Lipinski definition) is 1. The third kappa shape index (κ3) is 4.11. The minimum Gasteiger partial charge on any atom is -0.507 e. The van der Waals surface area contributed by atoms with E-state index in [0.29, 0.717) is 17.6 Å². The first-order chi connectivity index (χ1) is 11.3. The molecular formula is C22H34O. The summed E-state index contributed by atoms with van der Waals surface area (Å²) in [6.45, 7) is 2.27. The Hall–Kier alpha value is -0.980. The Morgan fingerprint density at radius 3 is 1.74 bits per heavy atom. The maximum atomic E-state index is 11.0. The molecule has 0 aromatic heterocycles. The highest BCUT2D eigenvalue weighted by Crippen LogP contribution is 2.44. The fraction of sp³-hybridized carbons (Fsp3) is 0.727. The smallest absolute Gasteiger partial charge is 0.122 e. The van der Waals surface area contributed by atoms with Gasteiger partial charge in [-0.1, -0.05) is 64.0 Å². The molecule has 0 unspecified atom stereocenters. The Labute approximate surface area is 142 Å². The molecule has 1 aromatic carbocycles. The van der Waals surface area contributed by atoms with E-state index in [1.54, 1.807) is 0 Å². The number of aromatic hydroxyl groups is 1. The number of hydrogen-bond donors (Lipinski definition) is 1. The van der Waals surface area contributed by atoms with Crippen molar-refractivity contribution in [3.8, 4) is 5.75 Å². The topological polar surface area (TPSA) is 20.2 Å². The molecule has 1 heteroatoms. The minimum absolute atomic E-state index is 0.604. The van der Waals surface area contributed by atoms with Crippen molar-refractivity contribution < 1.29 is 5.11 Å². The molecule has 2 saturated carbocycles. The van der Waals surface area contributed by atoms with Gasteiger partial charge in [0.15, 0.2) is 0 Å². The van der Waals surface area contributed by atoms with Gasteiger partial charge in [0.05, 0.1) is 0 Å². The van der Waals surface area contributed by atoms with Gasteiger partial charge in [0.2, 0.25) is 0 Å². The van der Waals surface area contributed by atoms with Crippen LogP contribution in [0.2, 0.25) is 0 Å². The predicted octanol–water partition coefficient (Wildman–Crippen LogP) is 6.83. The van der Waals surface area contributed by atoms with Gasteiger partial charge >= 0.3 is 0 Å². The average Bonchev–Trinajstić information content (AvgIpc) is 2.62. The molecule has 1 nitrogen and oxygen atoms in total. The first-order valence-electron chi connectivity index (χ1n) is 10.1. The van der Waals surface area contributed by atoms with E-state index in [9.17, 15) is 5.11 Å². The van der Waals surface area contributed by atoms with Gasteiger partial charge < -0.3 is 5.11 Å². The van der Waals surface area contributed by atoms with Gasteiger partial charge in [-0.15, -0.1) is 0 Å². The largest absolute Gasteiger partial charge is 0.507 e. The van der Waals surface area contributed by atoms with Crippen molar-refractivity contribution in [1.82, 2.24) is 0 Å². The van der Waals surface area contributed by atoms with Crippen LogP contribution in [0.25, 0.3) is 0 Å². The molecule has 128 valence electrons. The van der Waals surface area contributed by atoms with Crippen molar-refractivity contribution in [2.75, 3.05) is 0 Å². The highest BCUT2D eigenvalue weighted by atomic mass is 16.3. The van der Waals surface area contributed by atoms with E-state index in [1.165, 1.54) is 100 Å². The average molecular weight is 315 g/mol. The van der Waals surface area contributed by atoms with Gasteiger partial charge in [0, 0.05) is 0 Å². The van der Waals surface area contributed by atoms with Crippen molar-refractivity contribution in [3.05, 3.63) is 28.8 Å². The SMILES string of the molecule is CCCCc1cc(C2CCCCC2)c(O)c(C2CCCCC2)c1. The zero-order valence-electron chi connectivity index (χ0n) is 14.9. The molecule has 2 aliphatic carbocycles. The van der Waals surface area contributed by atoms with Gasteiger partial charge in [-0.3, -0.25) is 0 Å². The van der Waals surface area contributed by atoms with Crippen LogP contribution in [0.3, 0.4) is 0 Å². The first kappa shape index (κ1) is 16.9. The summed E-state index contributed by atoms with van der Waals surface area (Å²) in [7, 11) is 0. The van der Waals surface area contributed by atoms with Crippen molar-refractivity contribution in [2.24, 2.45) is 0 Å². The second kappa shape index (κ2) is 8.22. The molecule has 3 rings (SSSR count). The Morgan fingerprint density at radius 2 is 1.30 bits per heavy atom. The maximum Gasteiger partial charge on any atom is 0.122 e. The van der Waals surface area contributed by atoms with E-state index in [2.05, 4.69) is 19.1 Å². The Balaban J connectivity index is 1.92. The van der Waals surface area contributed by atoms with E-state index in [-0.39, 0.29) is 0 Å². The van der Waals surface area contributed by atoms with E-state index >= 15 is 0 Å². The molecule has 1 N–H and O–H groups in total. The van der Waals surface area contributed by atoms with Crippen molar-refractivity contribution in [3.63, 3.8) is 0 Å². The summed E-state index contributed by atoms with van der Waals surface area (Å²) in [6.07, 6.45) is 16.9. The van der Waals surface area contributed by atoms with Gasteiger partial charge in [-0.2, -0.15) is 0 Å². The molecule has 0 saturated heterocycles. The molecule has 0 amide bonds. The molecule has 0 bridgehead atoms. The minimum atomic E-state index is 0.604. The number of benzene rings is 1. The van der Waals surface area contributed by atoms with E-state index in [1.807, 2.05) is 0 Å². The molecule has 2 aliphatic rings. The lowest BCUT2D eigenvalue weighted by Gasteiger charge is -2.28. The number of unbranched alkanes of at least 4 members (excludes halogenated alkanes) is 1. The number of rotatable bonds is 5. The molecule has 0 heterocycles. The van der Waals surface area contributed by atoms with Crippen LogP contribution in [0.15, 0.2) is 12.1 Å². The number of aryl methyl sites for hydroxylation is 1. The van der Waals surface area contributed by atoms with Crippen molar-refractivity contribution in [1.29, 1.82) is 0 Å². The lowest BCUT2D eigenvalue weighted by molar-refractivity contribution is 0.392. The second-order valence-electron chi connectivity index (χ2n) is 7.90. The van der Waals surface area contributed by atoms with Gasteiger partial charge in [-0.25, -0.2) is 0 Å². The van der Waals surface area contributed by atoms with Crippen molar-refractivity contribution in [2.45, 2.75) is 102 Å². The highest BCUT2D eigenvalue weighted by Gasteiger charge is 2.25. The van der Waals surface area contributed by atoms with Gasteiger partial charge in [-0.05, 0) is 67.1 Å². The zero-order valence-corrected chi connectivity index (χ0v) is 14.9. The molecule has 0 atom stereocenters. The second-order valence-corrected chi connectivity index (χ2v) is 7.90. The molecule has 23 heavy (non-hydrogen) atoms. The fourth-order valence-corrected chi connectivity index (χ4v) is 4.72. The van der Waals surface area contributed by atoms with Crippen LogP contribution in [-0.2, 0) is 6.42 Å². The summed E-state index contributed by atoms with van der Waals surface area (Å²) in [5, 5.41) is 11.0. The third-order valence-corrected chi connectivity index (χ3v) is 6.14. The summed E-state index contributed by atoms with van der Waals surface area (Å²) in [5.74, 6) is 1.88. The molecule has 2 fully saturated rings. The third-order valence-electron chi connectivity index (χ3n) is 6.14. The standard InChI is InChI=1S/C22H34O/c1-2-3-10-17-15-20(18-11-6-4-7-12-18)22(23)21(16-17)19-13-8-5-9-14-19/h15-16,18-19,23H,2-14H2,1H3. The lowest BCUT2D eigenvalue weighted by Crippen LogP contribution is -2.10. The molecular weight excluding hydrogens is 280 g/mol. The van der Waals surface area contributed by atoms with Crippen LogP contribution in [0, 0.1) is 0 Å². The lowest BCUT2D eigenvalue weighted by atomic mass is 9.78. The Kier molecular flexibility index (Phi) is 6.02. The van der Waals surface area contributed by atoms with Crippen LogP contribution in [0.5, 0.6) is 5.75 Å². The van der Waals surface area contributed by atoms with Crippen LogP contribution in [0.4, 0.5) is 0 Å². The molecule has 1 aromatic rings. The maximum absolute atomic E-state index is 11.0. The van der Waals surface area contributed by atoms with Crippen LogP contribution in [0.1, 0.15) is 112 Å². The summed E-state index contributed by atoms with van der Waals surface area (Å²) >= 11 is 0. The van der Waals surface area contributed by atoms with Crippen LogP contribution >= 0.6 is 0 Å². The molecule has 0 radical (unpaired) electrons. The monoisotopic (exact) mass is 314 g/mol. The zero-order chi connectivity index (χ0) is 16.1. The van der Waals surface area contributed by atoms with E-state index in [0.717, 1.165) is 0 Å². The van der Waals surface area contributed by atoms with E-state index < -0.39 is 0 Å². The summed E-state index contributed by atoms with van der Waals surface area (Å²) in [6, 6.07) is 4.71. The number of phenolic OH excluding ortho intramolecular Hbond substituents is 1. The fourth-order valence-electron chi connectivity index (χ4n) is 4.72. The molecule has 0 spiro atoms. The van der Waals surface area contributed by atoms with Crippen molar-refractivity contribution >= 4 is 0 Å².